The molecule has 20 heavy (non-hydrogen) atoms. The molecule has 0 bridgehead atoms. The van der Waals surface area contributed by atoms with Crippen LogP contribution in [0.2, 0.25) is 0 Å². The Morgan fingerprint density at radius 1 is 1.30 bits per heavy atom. The lowest BCUT2D eigenvalue weighted by molar-refractivity contribution is -0.137. The summed E-state index contributed by atoms with van der Waals surface area (Å²) in [6.07, 6.45) is -3.05. The van der Waals surface area contributed by atoms with Gasteiger partial charge in [-0.1, -0.05) is 0 Å². The molecule has 0 saturated heterocycles. The number of benzene rings is 1. The average molecular weight is 288 g/mol. The van der Waals surface area contributed by atoms with E-state index < -0.39 is 23.6 Å². The highest BCUT2D eigenvalue weighted by Crippen LogP contribution is 2.32. The fourth-order valence-corrected chi connectivity index (χ4v) is 1.68. The molecule has 7 heteroatoms. The maximum Gasteiger partial charge on any atom is 0.416 e. The Bertz CT molecular complexity index is 607. The summed E-state index contributed by atoms with van der Waals surface area (Å²) in [4.78, 5) is 3.97. The average Bonchev–Trinajstić information content (AvgIpc) is 2.77. The summed E-state index contributed by atoms with van der Waals surface area (Å²) >= 11 is 0. The second-order valence-electron chi connectivity index (χ2n) is 4.37. The van der Waals surface area contributed by atoms with Gasteiger partial charge in [-0.3, -0.25) is 0 Å². The van der Waals surface area contributed by atoms with E-state index in [9.17, 15) is 17.6 Å². The van der Waals surface area contributed by atoms with Gasteiger partial charge in [0, 0.05) is 0 Å². The summed E-state index contributed by atoms with van der Waals surface area (Å²) in [6, 6.07) is 1.86. The van der Waals surface area contributed by atoms with Gasteiger partial charge in [0.2, 0.25) is 5.89 Å². The summed E-state index contributed by atoms with van der Waals surface area (Å²) in [6.45, 7) is 3.38. The van der Waals surface area contributed by atoms with Gasteiger partial charge in [0.1, 0.15) is 17.6 Å². The predicted octanol–water partition coefficient (Wildman–Crippen LogP) is 4.31. The minimum Gasteiger partial charge on any atom is -0.444 e. The van der Waals surface area contributed by atoms with Crippen LogP contribution in [0.5, 0.6) is 0 Å². The van der Waals surface area contributed by atoms with Crippen molar-refractivity contribution < 1.29 is 22.0 Å². The van der Waals surface area contributed by atoms with E-state index >= 15 is 0 Å². The molecule has 0 amide bonds. The topological polar surface area (TPSA) is 38.1 Å². The number of alkyl halides is 3. The number of anilines is 1. The summed E-state index contributed by atoms with van der Waals surface area (Å²) in [5, 5.41) is 2.72. The zero-order valence-electron chi connectivity index (χ0n) is 10.8. The standard InChI is InChI=1S/C13H12F4N2O/c1-7-6-18-12(20-7)8(2)19-11-4-3-9(5-10(11)14)13(15,16)17/h3-6,8,19H,1-2H3. The normalized spacial score (nSPS) is 13.3. The van der Waals surface area contributed by atoms with Crippen molar-refractivity contribution in [3.63, 3.8) is 0 Å². The Kier molecular flexibility index (Phi) is 3.69. The van der Waals surface area contributed by atoms with Crippen LogP contribution in [0.1, 0.15) is 30.2 Å². The number of hydrogen-bond acceptors (Lipinski definition) is 3. The molecule has 3 nitrogen and oxygen atoms in total. The maximum absolute atomic E-state index is 13.6. The molecular weight excluding hydrogens is 276 g/mol. The number of aryl methyl sites for hydroxylation is 1. The Morgan fingerprint density at radius 3 is 2.50 bits per heavy atom. The largest absolute Gasteiger partial charge is 0.444 e. The third-order valence-electron chi connectivity index (χ3n) is 2.68. The number of nitrogens with zero attached hydrogens (tertiary/aromatic N) is 1. The van der Waals surface area contributed by atoms with Crippen molar-refractivity contribution in [2.45, 2.75) is 26.1 Å². The van der Waals surface area contributed by atoms with Crippen molar-refractivity contribution in [2.75, 3.05) is 5.32 Å². The lowest BCUT2D eigenvalue weighted by Crippen LogP contribution is -2.10. The van der Waals surface area contributed by atoms with Crippen molar-refractivity contribution in [1.29, 1.82) is 0 Å². The van der Waals surface area contributed by atoms with E-state index in [0.717, 1.165) is 12.1 Å². The molecule has 1 heterocycles. The third-order valence-corrected chi connectivity index (χ3v) is 2.68. The van der Waals surface area contributed by atoms with Gasteiger partial charge in [-0.15, -0.1) is 0 Å². The van der Waals surface area contributed by atoms with E-state index in [2.05, 4.69) is 10.3 Å². The van der Waals surface area contributed by atoms with Crippen LogP contribution < -0.4 is 5.32 Å². The molecule has 1 N–H and O–H groups in total. The van der Waals surface area contributed by atoms with Crippen LogP contribution in [0, 0.1) is 12.7 Å². The fourth-order valence-electron chi connectivity index (χ4n) is 1.68. The second kappa shape index (κ2) is 5.15. The number of aromatic nitrogens is 1. The van der Waals surface area contributed by atoms with Crippen molar-refractivity contribution in [3.8, 4) is 0 Å². The first kappa shape index (κ1) is 14.4. The number of hydrogen-bond donors (Lipinski definition) is 1. The van der Waals surface area contributed by atoms with E-state index in [1.165, 1.54) is 6.20 Å². The van der Waals surface area contributed by atoms with Crippen LogP contribution in [-0.4, -0.2) is 4.98 Å². The van der Waals surface area contributed by atoms with Crippen LogP contribution in [0.3, 0.4) is 0 Å². The zero-order chi connectivity index (χ0) is 14.9. The summed E-state index contributed by atoms with van der Waals surface area (Å²) in [7, 11) is 0. The number of oxazole rings is 1. The van der Waals surface area contributed by atoms with Gasteiger partial charge in [-0.05, 0) is 32.0 Å². The smallest absolute Gasteiger partial charge is 0.416 e. The molecular formula is C13H12F4N2O. The molecule has 1 aromatic heterocycles. The molecule has 2 aromatic rings. The van der Waals surface area contributed by atoms with Gasteiger partial charge in [0.15, 0.2) is 0 Å². The minimum absolute atomic E-state index is 0.0404. The minimum atomic E-state index is -4.56. The van der Waals surface area contributed by atoms with Crippen molar-refractivity contribution in [2.24, 2.45) is 0 Å². The molecule has 1 aromatic carbocycles. The van der Waals surface area contributed by atoms with Gasteiger partial charge >= 0.3 is 6.18 Å². The SMILES string of the molecule is Cc1cnc(C(C)Nc2ccc(C(F)(F)F)cc2F)o1. The highest BCUT2D eigenvalue weighted by molar-refractivity contribution is 5.47. The van der Waals surface area contributed by atoms with Gasteiger partial charge in [0.05, 0.1) is 17.4 Å². The maximum atomic E-state index is 13.6. The van der Waals surface area contributed by atoms with Crippen LogP contribution in [0.4, 0.5) is 23.2 Å². The van der Waals surface area contributed by atoms with E-state index in [4.69, 9.17) is 4.42 Å². The first-order valence-electron chi connectivity index (χ1n) is 5.83. The molecule has 0 aliphatic rings. The Labute approximate surface area is 112 Å². The fraction of sp³-hybridized carbons (Fsp3) is 0.308. The lowest BCUT2D eigenvalue weighted by atomic mass is 10.1. The van der Waals surface area contributed by atoms with E-state index in [0.29, 0.717) is 17.7 Å². The van der Waals surface area contributed by atoms with Crippen LogP contribution in [0.25, 0.3) is 0 Å². The Balaban J connectivity index is 2.18. The van der Waals surface area contributed by atoms with E-state index in [-0.39, 0.29) is 5.69 Å². The molecule has 0 fully saturated rings. The number of nitrogens with one attached hydrogen (secondary N) is 1. The molecule has 2 rings (SSSR count). The van der Waals surface area contributed by atoms with E-state index in [1.54, 1.807) is 13.8 Å². The van der Waals surface area contributed by atoms with Gasteiger partial charge in [0.25, 0.3) is 0 Å². The highest BCUT2D eigenvalue weighted by Gasteiger charge is 2.31. The second-order valence-corrected chi connectivity index (χ2v) is 4.37. The molecule has 0 aliphatic carbocycles. The summed E-state index contributed by atoms with van der Waals surface area (Å²) in [5.41, 5.74) is -1.07. The predicted molar refractivity (Wildman–Crippen MR) is 64.7 cm³/mol. The van der Waals surface area contributed by atoms with Crippen molar-refractivity contribution in [3.05, 3.63) is 47.4 Å². The molecule has 1 atom stereocenters. The number of halogens is 4. The van der Waals surface area contributed by atoms with Gasteiger partial charge in [-0.2, -0.15) is 13.2 Å². The monoisotopic (exact) mass is 288 g/mol. The van der Waals surface area contributed by atoms with Crippen LogP contribution >= 0.6 is 0 Å². The molecule has 1 unspecified atom stereocenters. The first-order valence-corrected chi connectivity index (χ1v) is 5.83. The summed E-state index contributed by atoms with van der Waals surface area (Å²) < 4.78 is 56.2. The zero-order valence-corrected chi connectivity index (χ0v) is 10.8. The molecule has 0 saturated carbocycles. The third kappa shape index (κ3) is 3.09. The summed E-state index contributed by atoms with van der Waals surface area (Å²) in [5.74, 6) is -0.0432. The Morgan fingerprint density at radius 2 is 2.00 bits per heavy atom. The first-order chi connectivity index (χ1) is 9.27. The Hall–Kier alpha value is -2.05. The highest BCUT2D eigenvalue weighted by atomic mass is 19.4. The van der Waals surface area contributed by atoms with E-state index in [1.807, 2.05) is 0 Å². The lowest BCUT2D eigenvalue weighted by Gasteiger charge is -2.14. The van der Waals surface area contributed by atoms with Crippen LogP contribution in [0.15, 0.2) is 28.8 Å². The molecule has 108 valence electrons. The van der Waals surface area contributed by atoms with Crippen molar-refractivity contribution in [1.82, 2.24) is 4.98 Å². The van der Waals surface area contributed by atoms with Crippen molar-refractivity contribution >= 4 is 5.69 Å². The number of rotatable bonds is 3. The molecule has 0 spiro atoms. The van der Waals surface area contributed by atoms with Crippen LogP contribution in [-0.2, 0) is 6.18 Å². The quantitative estimate of drug-likeness (QED) is 0.855. The van der Waals surface area contributed by atoms with Gasteiger partial charge in [-0.25, -0.2) is 9.37 Å². The molecule has 0 aliphatic heterocycles. The molecule has 0 radical (unpaired) electrons. The van der Waals surface area contributed by atoms with Gasteiger partial charge < -0.3 is 9.73 Å².